The van der Waals surface area contributed by atoms with Crippen molar-refractivity contribution in [3.05, 3.63) is 32.6 Å². The van der Waals surface area contributed by atoms with Gasteiger partial charge in [-0.15, -0.1) is 0 Å². The molecule has 1 saturated carbocycles. The lowest BCUT2D eigenvalue weighted by atomic mass is 9.94. The van der Waals surface area contributed by atoms with Crippen molar-refractivity contribution in [3.63, 3.8) is 0 Å². The van der Waals surface area contributed by atoms with E-state index < -0.39 is 11.2 Å². The van der Waals surface area contributed by atoms with Gasteiger partial charge in [0.05, 0.1) is 5.56 Å². The fourth-order valence-corrected chi connectivity index (χ4v) is 3.35. The van der Waals surface area contributed by atoms with E-state index in [1.54, 1.807) is 0 Å². The van der Waals surface area contributed by atoms with Crippen molar-refractivity contribution < 1.29 is 4.79 Å². The number of Topliss-reactive ketones (excluding diaryl/α,β-unsaturated/α-hetero) is 1. The van der Waals surface area contributed by atoms with Crippen LogP contribution in [0.25, 0.3) is 0 Å². The van der Waals surface area contributed by atoms with Crippen LogP contribution >= 0.6 is 11.8 Å². The fraction of sp³-hybridized carbons (Fsp3) is 0.615. The van der Waals surface area contributed by atoms with Gasteiger partial charge < -0.3 is 4.98 Å². The van der Waals surface area contributed by atoms with Crippen molar-refractivity contribution in [2.24, 2.45) is 0 Å². The van der Waals surface area contributed by atoms with Crippen LogP contribution in [0.5, 0.6) is 0 Å². The Morgan fingerprint density at radius 1 is 1.32 bits per heavy atom. The predicted molar refractivity (Wildman–Crippen MR) is 76.1 cm³/mol. The molecule has 0 aliphatic heterocycles. The smallest absolute Gasteiger partial charge is 0.313 e. The Morgan fingerprint density at radius 2 is 1.95 bits per heavy atom. The Balaban J connectivity index is 2.35. The highest BCUT2D eigenvalue weighted by atomic mass is 32.2. The summed E-state index contributed by atoms with van der Waals surface area (Å²) in [6.45, 7) is 1.34. The van der Waals surface area contributed by atoms with Gasteiger partial charge in [-0.1, -0.05) is 0 Å². The van der Waals surface area contributed by atoms with E-state index in [1.165, 1.54) is 17.7 Å². The quantitative estimate of drug-likeness (QED) is 0.854. The third kappa shape index (κ3) is 2.83. The Kier molecular flexibility index (Phi) is 4.29. The molecule has 2 rings (SSSR count). The zero-order valence-electron chi connectivity index (χ0n) is 11.1. The number of rotatable bonds is 3. The van der Waals surface area contributed by atoms with E-state index in [-0.39, 0.29) is 17.4 Å². The summed E-state index contributed by atoms with van der Waals surface area (Å²) in [5.41, 5.74) is -0.807. The van der Waals surface area contributed by atoms with E-state index in [4.69, 9.17) is 0 Å². The highest BCUT2D eigenvalue weighted by molar-refractivity contribution is 7.99. The minimum atomic E-state index is -0.455. The summed E-state index contributed by atoms with van der Waals surface area (Å²) in [6, 6.07) is -0.0843. The van der Waals surface area contributed by atoms with Gasteiger partial charge in [0.15, 0.2) is 5.78 Å². The van der Waals surface area contributed by atoms with Crippen LogP contribution in [0.15, 0.2) is 15.8 Å². The number of carbonyl (C=O) groups excluding carboxylic acids is 1. The molecule has 0 aromatic carbocycles. The van der Waals surface area contributed by atoms with E-state index in [2.05, 4.69) is 11.2 Å². The van der Waals surface area contributed by atoms with Gasteiger partial charge in [0.1, 0.15) is 0 Å². The number of nitrogens with zero attached hydrogens (tertiary/aromatic N) is 1. The van der Waals surface area contributed by atoms with Gasteiger partial charge in [-0.2, -0.15) is 11.8 Å². The Morgan fingerprint density at radius 3 is 2.47 bits per heavy atom. The molecule has 1 N–H and O–H groups in total. The molecule has 1 fully saturated rings. The van der Waals surface area contributed by atoms with Crippen molar-refractivity contribution in [1.82, 2.24) is 9.55 Å². The van der Waals surface area contributed by atoms with Crippen LogP contribution in [0.1, 0.15) is 49.0 Å². The molecule has 0 unspecified atom stereocenters. The summed E-state index contributed by atoms with van der Waals surface area (Å²) >= 11 is 1.83. The third-order valence-corrected chi connectivity index (χ3v) is 4.87. The van der Waals surface area contributed by atoms with Crippen LogP contribution in [0.4, 0.5) is 0 Å². The molecule has 0 amide bonds. The zero-order chi connectivity index (χ0) is 14.0. The number of H-pyrrole nitrogens is 1. The van der Waals surface area contributed by atoms with Crippen LogP contribution in [-0.4, -0.2) is 26.8 Å². The maximum absolute atomic E-state index is 12.2. The highest BCUT2D eigenvalue weighted by Gasteiger charge is 2.25. The van der Waals surface area contributed by atoms with Crippen molar-refractivity contribution in [3.8, 4) is 0 Å². The molecule has 0 atom stereocenters. The van der Waals surface area contributed by atoms with Gasteiger partial charge in [0.2, 0.25) is 0 Å². The lowest BCUT2D eigenvalue weighted by Gasteiger charge is -2.28. The summed E-state index contributed by atoms with van der Waals surface area (Å²) in [5.74, 6) is -0.312. The molecule has 0 radical (unpaired) electrons. The SMILES string of the molecule is CSC1CCC(n2c(=O)[nH]cc(C(C)=O)c2=O)CC1. The van der Waals surface area contributed by atoms with Gasteiger partial charge in [0, 0.05) is 17.5 Å². The topological polar surface area (TPSA) is 71.9 Å². The number of hydrogen-bond acceptors (Lipinski definition) is 4. The van der Waals surface area contributed by atoms with Gasteiger partial charge in [-0.05, 0) is 38.9 Å². The normalized spacial score (nSPS) is 23.3. The van der Waals surface area contributed by atoms with Crippen molar-refractivity contribution in [1.29, 1.82) is 0 Å². The first kappa shape index (κ1) is 14.1. The summed E-state index contributed by atoms with van der Waals surface area (Å²) in [6.07, 6.45) is 6.94. The second-order valence-electron chi connectivity index (χ2n) is 4.91. The molecule has 0 spiro atoms. The van der Waals surface area contributed by atoms with E-state index in [9.17, 15) is 14.4 Å². The summed E-state index contributed by atoms with van der Waals surface area (Å²) in [4.78, 5) is 37.9. The standard InChI is InChI=1S/C13H18N2O3S/c1-8(16)11-7-14-13(18)15(12(11)17)9-3-5-10(19-2)6-4-9/h7,9-10H,3-6H2,1-2H3,(H,14,18). The van der Waals surface area contributed by atoms with Crippen LogP contribution in [0.3, 0.4) is 0 Å². The van der Waals surface area contributed by atoms with E-state index >= 15 is 0 Å². The first-order chi connectivity index (χ1) is 9.04. The van der Waals surface area contributed by atoms with Crippen molar-refractivity contribution in [2.45, 2.75) is 43.9 Å². The molecular formula is C13H18N2O3S. The molecule has 1 aliphatic carbocycles. The lowest BCUT2D eigenvalue weighted by Crippen LogP contribution is -2.41. The third-order valence-electron chi connectivity index (χ3n) is 3.73. The molecule has 0 bridgehead atoms. The number of ketones is 1. The fourth-order valence-electron chi connectivity index (χ4n) is 2.61. The first-order valence-electron chi connectivity index (χ1n) is 6.42. The Hall–Kier alpha value is -1.30. The van der Waals surface area contributed by atoms with E-state index in [0.717, 1.165) is 25.7 Å². The number of nitrogens with one attached hydrogen (secondary N) is 1. The van der Waals surface area contributed by atoms with Gasteiger partial charge in [-0.3, -0.25) is 14.2 Å². The van der Waals surface area contributed by atoms with Crippen LogP contribution < -0.4 is 11.2 Å². The molecule has 6 heteroatoms. The zero-order valence-corrected chi connectivity index (χ0v) is 12.0. The molecule has 19 heavy (non-hydrogen) atoms. The summed E-state index contributed by atoms with van der Waals surface area (Å²) in [5, 5.41) is 0.613. The molecule has 5 nitrogen and oxygen atoms in total. The van der Waals surface area contributed by atoms with Gasteiger partial charge in [-0.25, -0.2) is 4.79 Å². The Bertz CT molecular complexity index is 582. The van der Waals surface area contributed by atoms with Crippen LogP contribution in [0.2, 0.25) is 0 Å². The minimum Gasteiger partial charge on any atom is -0.313 e. The average Bonchev–Trinajstić information content (AvgIpc) is 2.39. The predicted octanol–water partition coefficient (Wildman–Crippen LogP) is 1.59. The number of carbonyl (C=O) groups is 1. The Labute approximate surface area is 115 Å². The monoisotopic (exact) mass is 282 g/mol. The average molecular weight is 282 g/mol. The number of thioether (sulfide) groups is 1. The number of aromatic nitrogens is 2. The molecular weight excluding hydrogens is 264 g/mol. The first-order valence-corrected chi connectivity index (χ1v) is 7.71. The number of aromatic amines is 1. The largest absolute Gasteiger partial charge is 0.328 e. The minimum absolute atomic E-state index is 0.0617. The summed E-state index contributed by atoms with van der Waals surface area (Å²) < 4.78 is 1.23. The molecule has 1 heterocycles. The maximum Gasteiger partial charge on any atom is 0.328 e. The van der Waals surface area contributed by atoms with E-state index in [1.807, 2.05) is 11.8 Å². The van der Waals surface area contributed by atoms with Crippen molar-refractivity contribution in [2.75, 3.05) is 6.26 Å². The van der Waals surface area contributed by atoms with E-state index in [0.29, 0.717) is 5.25 Å². The molecule has 0 saturated heterocycles. The van der Waals surface area contributed by atoms with Gasteiger partial charge in [0.25, 0.3) is 5.56 Å². The van der Waals surface area contributed by atoms with Crippen LogP contribution in [-0.2, 0) is 0 Å². The molecule has 1 aromatic rings. The molecule has 104 valence electrons. The highest BCUT2D eigenvalue weighted by Crippen LogP contribution is 2.32. The second-order valence-corrected chi connectivity index (χ2v) is 6.04. The summed E-state index contributed by atoms with van der Waals surface area (Å²) in [7, 11) is 0. The lowest BCUT2D eigenvalue weighted by molar-refractivity contribution is 0.101. The van der Waals surface area contributed by atoms with Crippen molar-refractivity contribution >= 4 is 17.5 Å². The van der Waals surface area contributed by atoms with Gasteiger partial charge >= 0.3 is 5.69 Å². The molecule has 1 aliphatic rings. The molecule has 1 aromatic heterocycles. The second kappa shape index (κ2) is 5.77. The van der Waals surface area contributed by atoms with Crippen LogP contribution in [0, 0.1) is 0 Å². The number of hydrogen-bond donors (Lipinski definition) is 1. The maximum atomic E-state index is 12.2.